The Bertz CT molecular complexity index is 789. The fourth-order valence-electron chi connectivity index (χ4n) is 2.82. The van der Waals surface area contributed by atoms with Crippen molar-refractivity contribution in [1.82, 2.24) is 24.5 Å². The first-order valence-corrected chi connectivity index (χ1v) is 8.89. The lowest BCUT2D eigenvalue weighted by atomic mass is 10.2. The summed E-state index contributed by atoms with van der Waals surface area (Å²) >= 11 is 7.33. The highest BCUT2D eigenvalue weighted by Crippen LogP contribution is 2.26. The number of nitrogens with one attached hydrogen (secondary N) is 1. The number of aromatic amines is 1. The van der Waals surface area contributed by atoms with E-state index >= 15 is 0 Å². The van der Waals surface area contributed by atoms with Crippen LogP contribution in [-0.2, 0) is 11.3 Å². The van der Waals surface area contributed by atoms with Crippen LogP contribution in [0.2, 0.25) is 5.02 Å². The molecule has 0 aliphatic carbocycles. The molecule has 1 aromatic carbocycles. The number of nitrogens with zero attached hydrogens (tertiary/aromatic N) is 4. The van der Waals surface area contributed by atoms with Gasteiger partial charge in [-0.3, -0.25) is 4.90 Å². The molecule has 3 aromatic rings. The van der Waals surface area contributed by atoms with E-state index in [0.717, 1.165) is 47.5 Å². The minimum absolute atomic E-state index is 0.0847. The van der Waals surface area contributed by atoms with Gasteiger partial charge in [-0.2, -0.15) is 0 Å². The van der Waals surface area contributed by atoms with Gasteiger partial charge in [0.1, 0.15) is 5.82 Å². The van der Waals surface area contributed by atoms with Gasteiger partial charge in [0.2, 0.25) is 0 Å². The molecule has 1 saturated heterocycles. The molecule has 6 nitrogen and oxygen atoms in total. The Morgan fingerprint density at radius 2 is 2.21 bits per heavy atom. The van der Waals surface area contributed by atoms with E-state index in [1.165, 1.54) is 11.5 Å². The average Bonchev–Trinajstić information content (AvgIpc) is 3.28. The molecule has 1 aliphatic heterocycles. The largest absolute Gasteiger partial charge is 0.378 e. The van der Waals surface area contributed by atoms with Crippen molar-refractivity contribution in [3.63, 3.8) is 0 Å². The quantitative estimate of drug-likeness (QED) is 0.773. The van der Waals surface area contributed by atoms with Gasteiger partial charge >= 0.3 is 0 Å². The summed E-state index contributed by atoms with van der Waals surface area (Å²) in [6.45, 7) is 2.94. The summed E-state index contributed by atoms with van der Waals surface area (Å²) in [5, 5.41) is 6.85. The molecule has 0 saturated carbocycles. The number of H-pyrrole nitrogens is 1. The lowest BCUT2D eigenvalue weighted by Gasteiger charge is -2.33. The van der Waals surface area contributed by atoms with Crippen LogP contribution in [0.5, 0.6) is 0 Å². The van der Waals surface area contributed by atoms with E-state index in [0.29, 0.717) is 6.61 Å². The normalized spacial score (nSPS) is 18.8. The highest BCUT2D eigenvalue weighted by molar-refractivity contribution is 7.03. The Morgan fingerprint density at radius 1 is 1.33 bits per heavy atom. The zero-order valence-corrected chi connectivity index (χ0v) is 14.4. The van der Waals surface area contributed by atoms with Crippen molar-refractivity contribution in [2.75, 3.05) is 19.8 Å². The lowest BCUT2D eigenvalue weighted by molar-refractivity contribution is -0.0161. The first kappa shape index (κ1) is 15.7. The molecule has 1 atom stereocenters. The number of benzene rings is 1. The predicted molar refractivity (Wildman–Crippen MR) is 92.9 cm³/mol. The van der Waals surface area contributed by atoms with Gasteiger partial charge in [0, 0.05) is 23.5 Å². The minimum atomic E-state index is 0.0847. The molecule has 0 radical (unpaired) electrons. The second-order valence-electron chi connectivity index (χ2n) is 5.65. The van der Waals surface area contributed by atoms with Crippen molar-refractivity contribution in [3.8, 4) is 11.3 Å². The van der Waals surface area contributed by atoms with E-state index in [2.05, 4.69) is 24.5 Å². The highest BCUT2D eigenvalue weighted by Gasteiger charge is 2.27. The molecule has 1 N–H and O–H groups in total. The van der Waals surface area contributed by atoms with Crippen LogP contribution < -0.4 is 0 Å². The maximum Gasteiger partial charge on any atom is 0.126 e. The molecule has 24 heavy (non-hydrogen) atoms. The lowest BCUT2D eigenvalue weighted by Crippen LogP contribution is -2.39. The van der Waals surface area contributed by atoms with Gasteiger partial charge in [-0.25, -0.2) is 4.98 Å². The van der Waals surface area contributed by atoms with E-state index in [4.69, 9.17) is 16.3 Å². The van der Waals surface area contributed by atoms with Gasteiger partial charge in [0.25, 0.3) is 0 Å². The number of morpholine rings is 1. The molecule has 0 amide bonds. The van der Waals surface area contributed by atoms with Crippen LogP contribution in [0, 0.1) is 0 Å². The van der Waals surface area contributed by atoms with Crippen molar-refractivity contribution in [3.05, 3.63) is 52.4 Å². The van der Waals surface area contributed by atoms with Crippen LogP contribution in [0.15, 0.2) is 35.8 Å². The van der Waals surface area contributed by atoms with Crippen LogP contribution in [0.3, 0.4) is 0 Å². The molecule has 4 rings (SSSR count). The maximum absolute atomic E-state index is 5.95. The van der Waals surface area contributed by atoms with E-state index in [1.807, 2.05) is 35.8 Å². The molecule has 1 fully saturated rings. The summed E-state index contributed by atoms with van der Waals surface area (Å²) in [6, 6.07) is 7.80. The van der Waals surface area contributed by atoms with Gasteiger partial charge in [-0.1, -0.05) is 28.2 Å². The SMILES string of the molecule is Clc1ccc(-c2cnc([C@@H]3COCCN3Cc3csnn3)[nH]2)cc1. The summed E-state index contributed by atoms with van der Waals surface area (Å²) in [6.07, 6.45) is 1.86. The maximum atomic E-state index is 5.95. The number of aromatic nitrogens is 4. The van der Waals surface area contributed by atoms with Crippen LogP contribution in [0.4, 0.5) is 0 Å². The Balaban J connectivity index is 1.56. The Labute approximate surface area is 148 Å². The zero-order valence-electron chi connectivity index (χ0n) is 12.9. The number of hydrogen-bond donors (Lipinski definition) is 1. The van der Waals surface area contributed by atoms with Crippen molar-refractivity contribution in [1.29, 1.82) is 0 Å². The molecule has 8 heteroatoms. The molecule has 0 spiro atoms. The summed E-state index contributed by atoms with van der Waals surface area (Å²) in [4.78, 5) is 10.3. The monoisotopic (exact) mass is 361 g/mol. The van der Waals surface area contributed by atoms with Gasteiger partial charge < -0.3 is 9.72 Å². The second kappa shape index (κ2) is 6.98. The molecule has 124 valence electrons. The smallest absolute Gasteiger partial charge is 0.126 e. The van der Waals surface area contributed by atoms with E-state index in [-0.39, 0.29) is 6.04 Å². The molecule has 3 heterocycles. The van der Waals surface area contributed by atoms with Gasteiger partial charge in [-0.05, 0) is 29.2 Å². The third-order valence-corrected chi connectivity index (χ3v) is 4.88. The number of rotatable bonds is 4. The second-order valence-corrected chi connectivity index (χ2v) is 6.69. The van der Waals surface area contributed by atoms with E-state index in [9.17, 15) is 0 Å². The Morgan fingerprint density at radius 3 is 3.00 bits per heavy atom. The number of halogens is 1. The van der Waals surface area contributed by atoms with E-state index < -0.39 is 0 Å². The summed E-state index contributed by atoms with van der Waals surface area (Å²) in [7, 11) is 0. The molecule has 0 bridgehead atoms. The van der Waals surface area contributed by atoms with E-state index in [1.54, 1.807) is 0 Å². The first-order chi connectivity index (χ1) is 11.8. The number of ether oxygens (including phenoxy) is 1. The third-order valence-electron chi connectivity index (χ3n) is 4.08. The first-order valence-electron chi connectivity index (χ1n) is 7.68. The molecular formula is C16H16ClN5OS. The fraction of sp³-hybridized carbons (Fsp3) is 0.312. The zero-order chi connectivity index (χ0) is 16.4. The summed E-state index contributed by atoms with van der Waals surface area (Å²) in [5.74, 6) is 0.905. The summed E-state index contributed by atoms with van der Waals surface area (Å²) in [5.41, 5.74) is 3.02. The van der Waals surface area contributed by atoms with Crippen LogP contribution in [0.1, 0.15) is 17.6 Å². The van der Waals surface area contributed by atoms with Crippen molar-refractivity contribution >= 4 is 23.1 Å². The van der Waals surface area contributed by atoms with Gasteiger partial charge in [-0.15, -0.1) is 5.10 Å². The van der Waals surface area contributed by atoms with Crippen molar-refractivity contribution in [2.24, 2.45) is 0 Å². The Hall–Kier alpha value is -1.80. The number of hydrogen-bond acceptors (Lipinski definition) is 6. The van der Waals surface area contributed by atoms with Crippen LogP contribution >= 0.6 is 23.1 Å². The van der Waals surface area contributed by atoms with Crippen LogP contribution in [-0.4, -0.2) is 44.2 Å². The molecule has 0 unspecified atom stereocenters. The Kier molecular flexibility index (Phi) is 4.57. The molecule has 2 aromatic heterocycles. The summed E-state index contributed by atoms with van der Waals surface area (Å²) < 4.78 is 9.60. The van der Waals surface area contributed by atoms with Gasteiger partial charge in [0.05, 0.1) is 36.8 Å². The average molecular weight is 362 g/mol. The van der Waals surface area contributed by atoms with Gasteiger partial charge in [0.15, 0.2) is 0 Å². The number of imidazole rings is 1. The predicted octanol–water partition coefficient (Wildman–Crippen LogP) is 3.16. The minimum Gasteiger partial charge on any atom is -0.378 e. The highest BCUT2D eigenvalue weighted by atomic mass is 35.5. The fourth-order valence-corrected chi connectivity index (χ4v) is 3.39. The third kappa shape index (κ3) is 3.34. The van der Waals surface area contributed by atoms with Crippen LogP contribution in [0.25, 0.3) is 11.3 Å². The molecule has 1 aliphatic rings. The standard InChI is InChI=1S/C16H16ClN5OS/c17-12-3-1-11(2-4-12)14-7-18-16(19-14)15-9-23-6-5-22(15)8-13-10-24-21-20-13/h1-4,7,10,15H,5-6,8-9H2,(H,18,19)/t15-/m0/s1. The van der Waals surface area contributed by atoms with Crippen molar-refractivity contribution < 1.29 is 4.74 Å². The topological polar surface area (TPSA) is 66.9 Å². The molecular weight excluding hydrogens is 346 g/mol. The van der Waals surface area contributed by atoms with Crippen molar-refractivity contribution in [2.45, 2.75) is 12.6 Å².